The van der Waals surface area contributed by atoms with Crippen LogP contribution in [0.4, 0.5) is 0 Å². The molecule has 4 rings (SSSR count). The molecular formula is C21H28N4O2. The van der Waals surface area contributed by atoms with E-state index in [0.717, 1.165) is 41.5 Å². The second kappa shape index (κ2) is 7.72. The number of likely N-dealkylation sites (tertiary alicyclic amines) is 1. The highest BCUT2D eigenvalue weighted by Gasteiger charge is 2.28. The number of piperidine rings is 1. The summed E-state index contributed by atoms with van der Waals surface area (Å²) in [7, 11) is 1.88. The Morgan fingerprint density at radius 1 is 1.30 bits per heavy atom. The Hall–Kier alpha value is -2.34. The molecule has 1 aromatic heterocycles. The first-order chi connectivity index (χ1) is 13.1. The predicted octanol–water partition coefficient (Wildman–Crippen LogP) is 2.83. The summed E-state index contributed by atoms with van der Waals surface area (Å²) in [5.74, 6) is 1.58. The second-order valence-corrected chi connectivity index (χ2v) is 7.72. The van der Waals surface area contributed by atoms with Gasteiger partial charge in [-0.05, 0) is 56.9 Å². The second-order valence-electron chi connectivity index (χ2n) is 7.72. The molecule has 0 radical (unpaired) electrons. The monoisotopic (exact) mass is 368 g/mol. The third-order valence-corrected chi connectivity index (χ3v) is 5.69. The number of hydrogen-bond acceptors (Lipinski definition) is 4. The van der Waals surface area contributed by atoms with E-state index in [0.29, 0.717) is 18.8 Å². The van der Waals surface area contributed by atoms with Crippen LogP contribution >= 0.6 is 0 Å². The minimum absolute atomic E-state index is 0.109. The van der Waals surface area contributed by atoms with Crippen molar-refractivity contribution in [2.45, 2.75) is 32.8 Å². The number of aryl methyl sites for hydroxylation is 1. The number of fused-ring (bicyclic) bond motifs is 3. The maximum absolute atomic E-state index is 12.7. The van der Waals surface area contributed by atoms with Gasteiger partial charge in [0.25, 0.3) is 5.91 Å². The number of rotatable bonds is 5. The zero-order valence-corrected chi connectivity index (χ0v) is 16.2. The Labute approximate surface area is 160 Å². The van der Waals surface area contributed by atoms with Gasteiger partial charge in [0.05, 0.1) is 5.69 Å². The van der Waals surface area contributed by atoms with Gasteiger partial charge < -0.3 is 15.0 Å². The molecule has 1 saturated heterocycles. The molecule has 0 unspecified atom stereocenters. The highest BCUT2D eigenvalue weighted by molar-refractivity contribution is 5.96. The summed E-state index contributed by atoms with van der Waals surface area (Å²) in [6.07, 6.45) is 3.54. The molecule has 6 nitrogen and oxygen atoms in total. The van der Waals surface area contributed by atoms with E-state index in [1.807, 2.05) is 31.3 Å². The molecule has 0 saturated carbocycles. The van der Waals surface area contributed by atoms with Gasteiger partial charge in [-0.2, -0.15) is 5.10 Å². The average molecular weight is 368 g/mol. The summed E-state index contributed by atoms with van der Waals surface area (Å²) in [5.41, 5.74) is 3.32. The molecule has 0 atom stereocenters. The highest BCUT2D eigenvalue weighted by Crippen LogP contribution is 2.38. The fourth-order valence-electron chi connectivity index (χ4n) is 4.04. The lowest BCUT2D eigenvalue weighted by molar-refractivity contribution is 0.0942. The summed E-state index contributed by atoms with van der Waals surface area (Å²) >= 11 is 0. The quantitative estimate of drug-likeness (QED) is 0.825. The van der Waals surface area contributed by atoms with Crippen LogP contribution in [0.25, 0.3) is 11.3 Å². The van der Waals surface area contributed by atoms with Crippen LogP contribution in [0.5, 0.6) is 5.75 Å². The molecule has 1 amide bonds. The van der Waals surface area contributed by atoms with Crippen molar-refractivity contribution in [1.82, 2.24) is 20.0 Å². The van der Waals surface area contributed by atoms with E-state index in [1.54, 1.807) is 4.68 Å². The van der Waals surface area contributed by atoms with Crippen molar-refractivity contribution in [2.24, 2.45) is 13.0 Å². The Kier molecular flexibility index (Phi) is 5.16. The Morgan fingerprint density at radius 2 is 2.07 bits per heavy atom. The minimum atomic E-state index is -0.109. The third-order valence-electron chi connectivity index (χ3n) is 5.69. The number of carbonyl (C=O) groups excluding carboxylic acids is 1. The van der Waals surface area contributed by atoms with E-state index in [-0.39, 0.29) is 5.91 Å². The van der Waals surface area contributed by atoms with E-state index in [9.17, 15) is 4.79 Å². The number of aromatic nitrogens is 2. The smallest absolute Gasteiger partial charge is 0.272 e. The lowest BCUT2D eigenvalue weighted by Crippen LogP contribution is -2.35. The molecule has 3 heterocycles. The van der Waals surface area contributed by atoms with E-state index in [1.165, 1.54) is 25.9 Å². The Bertz CT molecular complexity index is 822. The molecule has 1 fully saturated rings. The Morgan fingerprint density at radius 3 is 2.89 bits per heavy atom. The Balaban J connectivity index is 1.36. The number of carbonyl (C=O) groups is 1. The van der Waals surface area contributed by atoms with Crippen molar-refractivity contribution in [3.05, 3.63) is 35.5 Å². The number of amides is 1. The van der Waals surface area contributed by atoms with Gasteiger partial charge in [0, 0.05) is 24.7 Å². The predicted molar refractivity (Wildman–Crippen MR) is 105 cm³/mol. The number of ether oxygens (including phenoxy) is 1. The SMILES string of the molecule is CC1CCN(CCCNC(=O)c2nn(C)c3c2COc2ccccc2-3)CC1. The first kappa shape index (κ1) is 18.0. The van der Waals surface area contributed by atoms with Gasteiger partial charge >= 0.3 is 0 Å². The van der Waals surface area contributed by atoms with Gasteiger partial charge in [0.2, 0.25) is 0 Å². The van der Waals surface area contributed by atoms with Crippen LogP contribution in [0.2, 0.25) is 0 Å². The fraction of sp³-hybridized carbons (Fsp3) is 0.524. The molecule has 0 bridgehead atoms. The molecule has 2 aromatic rings. The lowest BCUT2D eigenvalue weighted by Gasteiger charge is -2.30. The molecule has 2 aliphatic rings. The van der Waals surface area contributed by atoms with Gasteiger partial charge in [-0.1, -0.05) is 19.1 Å². The molecule has 144 valence electrons. The largest absolute Gasteiger partial charge is 0.488 e. The zero-order valence-electron chi connectivity index (χ0n) is 16.2. The van der Waals surface area contributed by atoms with Crippen molar-refractivity contribution in [3.8, 4) is 17.0 Å². The van der Waals surface area contributed by atoms with Gasteiger partial charge in [-0.25, -0.2) is 0 Å². The van der Waals surface area contributed by atoms with Crippen LogP contribution in [0.15, 0.2) is 24.3 Å². The summed E-state index contributed by atoms with van der Waals surface area (Å²) in [5, 5.41) is 7.52. The highest BCUT2D eigenvalue weighted by atomic mass is 16.5. The molecule has 0 spiro atoms. The fourth-order valence-corrected chi connectivity index (χ4v) is 4.04. The van der Waals surface area contributed by atoms with E-state index in [4.69, 9.17) is 4.74 Å². The van der Waals surface area contributed by atoms with Gasteiger partial charge in [-0.3, -0.25) is 9.48 Å². The van der Waals surface area contributed by atoms with Crippen molar-refractivity contribution in [3.63, 3.8) is 0 Å². The van der Waals surface area contributed by atoms with Crippen LogP contribution < -0.4 is 10.1 Å². The normalized spacial score (nSPS) is 17.1. The zero-order chi connectivity index (χ0) is 18.8. The van der Waals surface area contributed by atoms with Crippen molar-refractivity contribution >= 4 is 5.91 Å². The third kappa shape index (κ3) is 3.72. The molecule has 6 heteroatoms. The first-order valence-electron chi connectivity index (χ1n) is 9.92. The molecule has 0 aliphatic carbocycles. The number of hydrogen-bond donors (Lipinski definition) is 1. The maximum Gasteiger partial charge on any atom is 0.272 e. The summed E-state index contributed by atoms with van der Waals surface area (Å²) in [6, 6.07) is 7.89. The summed E-state index contributed by atoms with van der Waals surface area (Å²) < 4.78 is 7.62. The lowest BCUT2D eigenvalue weighted by atomic mass is 9.99. The van der Waals surface area contributed by atoms with Gasteiger partial charge in [0.15, 0.2) is 5.69 Å². The molecule has 2 aliphatic heterocycles. The van der Waals surface area contributed by atoms with Crippen LogP contribution in [0.3, 0.4) is 0 Å². The molecular weight excluding hydrogens is 340 g/mol. The standard InChI is InChI=1S/C21H28N4O2/c1-15-8-12-25(13-9-15)11-5-10-22-21(26)19-17-14-27-18-7-4-3-6-16(18)20(17)24(2)23-19/h3-4,6-7,15H,5,8-14H2,1-2H3,(H,22,26). The summed E-state index contributed by atoms with van der Waals surface area (Å²) in [6.45, 7) is 6.79. The topological polar surface area (TPSA) is 59.4 Å². The van der Waals surface area contributed by atoms with Crippen molar-refractivity contribution in [2.75, 3.05) is 26.2 Å². The molecule has 1 aromatic carbocycles. The average Bonchev–Trinajstić information content (AvgIpc) is 3.04. The number of benzene rings is 1. The van der Waals surface area contributed by atoms with Gasteiger partial charge in [0.1, 0.15) is 12.4 Å². The summed E-state index contributed by atoms with van der Waals surface area (Å²) in [4.78, 5) is 15.2. The van der Waals surface area contributed by atoms with Crippen LogP contribution in [0, 0.1) is 5.92 Å². The van der Waals surface area contributed by atoms with E-state index < -0.39 is 0 Å². The van der Waals surface area contributed by atoms with Crippen LogP contribution in [-0.4, -0.2) is 46.8 Å². The number of nitrogens with one attached hydrogen (secondary N) is 1. The maximum atomic E-state index is 12.7. The van der Waals surface area contributed by atoms with E-state index in [2.05, 4.69) is 22.2 Å². The first-order valence-corrected chi connectivity index (χ1v) is 9.92. The van der Waals surface area contributed by atoms with Crippen molar-refractivity contribution in [1.29, 1.82) is 0 Å². The molecule has 1 N–H and O–H groups in total. The van der Waals surface area contributed by atoms with Crippen molar-refractivity contribution < 1.29 is 9.53 Å². The van der Waals surface area contributed by atoms with Gasteiger partial charge in [-0.15, -0.1) is 0 Å². The minimum Gasteiger partial charge on any atom is -0.488 e. The van der Waals surface area contributed by atoms with Crippen LogP contribution in [-0.2, 0) is 13.7 Å². The number of nitrogens with zero attached hydrogens (tertiary/aromatic N) is 3. The van der Waals surface area contributed by atoms with E-state index >= 15 is 0 Å². The number of para-hydroxylation sites is 1. The molecule has 27 heavy (non-hydrogen) atoms. The van der Waals surface area contributed by atoms with Crippen LogP contribution in [0.1, 0.15) is 42.2 Å².